The molecule has 190 valence electrons. The quantitative estimate of drug-likeness (QED) is 0.500. The molecule has 0 bridgehead atoms. The Kier molecular flexibility index (Phi) is 6.10. The summed E-state index contributed by atoms with van der Waals surface area (Å²) in [5.74, 6) is 1.68. The van der Waals surface area contributed by atoms with E-state index in [-0.39, 0.29) is 10.8 Å². The summed E-state index contributed by atoms with van der Waals surface area (Å²) in [6, 6.07) is 9.13. The summed E-state index contributed by atoms with van der Waals surface area (Å²) in [6.07, 6.45) is 10.7. The van der Waals surface area contributed by atoms with Crippen LogP contribution in [0.25, 0.3) is 0 Å². The lowest BCUT2D eigenvalue weighted by atomic mass is 9.50. The number of hydrogen-bond acceptors (Lipinski definition) is 3. The van der Waals surface area contributed by atoms with Crippen molar-refractivity contribution in [2.45, 2.75) is 97.0 Å². The lowest BCUT2D eigenvalue weighted by Gasteiger charge is -2.55. The van der Waals surface area contributed by atoms with Crippen molar-refractivity contribution in [2.24, 2.45) is 22.7 Å². The fourth-order valence-electron chi connectivity index (χ4n) is 8.05. The Morgan fingerprint density at radius 3 is 2.43 bits per heavy atom. The van der Waals surface area contributed by atoms with E-state index in [4.69, 9.17) is 0 Å². The average molecular weight is 476 g/mol. The standard InChI is InChI=1S/C32H45NO2/c1-30(2,3)17-18-32(35)16-15-28-26-13-9-22-19-24(34)12-14-25(22)29(26)27(20-31(28,32)4)21-7-10-23(11-8-21)33(5)6/h7-8,10-11,19,26-28,35H,9,12-18,20H2,1-6H3/t26-,27+,28-,31-,32-/m0/s1. The van der Waals surface area contributed by atoms with Crippen LogP contribution in [0.15, 0.2) is 47.1 Å². The van der Waals surface area contributed by atoms with Gasteiger partial charge in [0.25, 0.3) is 0 Å². The van der Waals surface area contributed by atoms with Crippen LogP contribution in [-0.2, 0) is 4.79 Å². The van der Waals surface area contributed by atoms with Gasteiger partial charge >= 0.3 is 0 Å². The summed E-state index contributed by atoms with van der Waals surface area (Å²) in [7, 11) is 4.18. The maximum absolute atomic E-state index is 12.3. The van der Waals surface area contributed by atoms with Gasteiger partial charge in [-0.3, -0.25) is 4.79 Å². The Morgan fingerprint density at radius 2 is 1.77 bits per heavy atom. The molecule has 1 aromatic rings. The summed E-state index contributed by atoms with van der Waals surface area (Å²) >= 11 is 0. The minimum atomic E-state index is -0.596. The van der Waals surface area contributed by atoms with Crippen molar-refractivity contribution in [3.63, 3.8) is 0 Å². The lowest BCUT2D eigenvalue weighted by Crippen LogP contribution is -2.51. The van der Waals surface area contributed by atoms with E-state index >= 15 is 0 Å². The number of carbonyl (C=O) groups excluding carboxylic acids is 1. The van der Waals surface area contributed by atoms with E-state index in [1.165, 1.54) is 22.4 Å². The van der Waals surface area contributed by atoms with Crippen LogP contribution in [0.2, 0.25) is 0 Å². The first-order valence-corrected chi connectivity index (χ1v) is 13.9. The first-order valence-electron chi connectivity index (χ1n) is 13.9. The van der Waals surface area contributed by atoms with E-state index in [0.717, 1.165) is 51.4 Å². The lowest BCUT2D eigenvalue weighted by molar-refractivity contribution is -0.114. The molecule has 0 saturated heterocycles. The highest BCUT2D eigenvalue weighted by Crippen LogP contribution is 2.67. The highest BCUT2D eigenvalue weighted by atomic mass is 16.3. The van der Waals surface area contributed by atoms with Crippen LogP contribution in [0.3, 0.4) is 0 Å². The zero-order valence-corrected chi connectivity index (χ0v) is 22.8. The largest absolute Gasteiger partial charge is 0.389 e. The molecule has 0 aromatic heterocycles. The number of rotatable bonds is 4. The second-order valence-electron chi connectivity index (χ2n) is 13.6. The van der Waals surface area contributed by atoms with E-state index in [0.29, 0.717) is 30.0 Å². The monoisotopic (exact) mass is 475 g/mol. The van der Waals surface area contributed by atoms with Gasteiger partial charge in [0.2, 0.25) is 0 Å². The van der Waals surface area contributed by atoms with Crippen molar-refractivity contribution in [3.05, 3.63) is 52.6 Å². The van der Waals surface area contributed by atoms with Crippen molar-refractivity contribution >= 4 is 11.5 Å². The number of ketones is 1. The summed E-state index contributed by atoms with van der Waals surface area (Å²) in [4.78, 5) is 14.4. The Labute approximate surface area is 212 Å². The highest BCUT2D eigenvalue weighted by Gasteiger charge is 2.62. The van der Waals surface area contributed by atoms with Crippen LogP contribution >= 0.6 is 0 Å². The SMILES string of the molecule is CN(C)c1ccc([C@H]2C[C@@]3(C)[C@@H](CC[C@]3(O)CCC(C)(C)C)[C@@H]3CCC4=CC(=O)CCC4=C32)cc1. The minimum absolute atomic E-state index is 0.0798. The van der Waals surface area contributed by atoms with E-state index in [1.807, 2.05) is 6.08 Å². The van der Waals surface area contributed by atoms with Gasteiger partial charge in [-0.2, -0.15) is 0 Å². The molecule has 0 radical (unpaired) electrons. The number of benzene rings is 1. The number of allylic oxidation sites excluding steroid dienone is 4. The molecular weight excluding hydrogens is 430 g/mol. The molecule has 1 aromatic carbocycles. The molecule has 3 heteroatoms. The third-order valence-corrected chi connectivity index (χ3v) is 10.2. The zero-order chi connectivity index (χ0) is 25.2. The Bertz CT molecular complexity index is 1060. The number of aliphatic hydroxyl groups is 1. The van der Waals surface area contributed by atoms with Crippen LogP contribution in [0.4, 0.5) is 5.69 Å². The van der Waals surface area contributed by atoms with Crippen molar-refractivity contribution in [3.8, 4) is 0 Å². The Balaban J connectivity index is 1.60. The molecule has 3 nitrogen and oxygen atoms in total. The molecule has 4 aliphatic carbocycles. The van der Waals surface area contributed by atoms with Gasteiger partial charge in [-0.15, -0.1) is 0 Å². The predicted molar refractivity (Wildman–Crippen MR) is 145 cm³/mol. The molecule has 0 heterocycles. The highest BCUT2D eigenvalue weighted by molar-refractivity contribution is 5.93. The first kappa shape index (κ1) is 24.8. The summed E-state index contributed by atoms with van der Waals surface area (Å²) in [5, 5.41) is 12.3. The van der Waals surface area contributed by atoms with Crippen molar-refractivity contribution in [2.75, 3.05) is 19.0 Å². The van der Waals surface area contributed by atoms with Crippen molar-refractivity contribution in [1.29, 1.82) is 0 Å². The smallest absolute Gasteiger partial charge is 0.156 e. The number of carbonyl (C=O) groups is 1. The van der Waals surface area contributed by atoms with Gasteiger partial charge < -0.3 is 10.0 Å². The van der Waals surface area contributed by atoms with Gasteiger partial charge in [0.1, 0.15) is 0 Å². The van der Waals surface area contributed by atoms with Gasteiger partial charge in [0, 0.05) is 37.5 Å². The molecule has 2 fully saturated rings. The molecule has 4 aliphatic rings. The van der Waals surface area contributed by atoms with Crippen LogP contribution in [0, 0.1) is 22.7 Å². The third-order valence-electron chi connectivity index (χ3n) is 10.2. The third kappa shape index (κ3) is 4.22. The minimum Gasteiger partial charge on any atom is -0.389 e. The van der Waals surface area contributed by atoms with Gasteiger partial charge in [-0.1, -0.05) is 45.4 Å². The predicted octanol–water partition coefficient (Wildman–Crippen LogP) is 7.21. The van der Waals surface area contributed by atoms with Gasteiger partial charge in [0.05, 0.1) is 5.60 Å². The second-order valence-corrected chi connectivity index (χ2v) is 13.6. The number of fused-ring (bicyclic) bond motifs is 4. The molecule has 2 saturated carbocycles. The average Bonchev–Trinajstić information content (AvgIpc) is 3.07. The Morgan fingerprint density at radius 1 is 1.06 bits per heavy atom. The first-order chi connectivity index (χ1) is 16.4. The molecule has 35 heavy (non-hydrogen) atoms. The molecule has 5 atom stereocenters. The van der Waals surface area contributed by atoms with E-state index in [2.05, 4.69) is 71.0 Å². The molecule has 1 N–H and O–H groups in total. The van der Waals surface area contributed by atoms with E-state index < -0.39 is 5.60 Å². The summed E-state index contributed by atoms with van der Waals surface area (Å²) < 4.78 is 0. The van der Waals surface area contributed by atoms with Gasteiger partial charge in [0.15, 0.2) is 5.78 Å². The maximum Gasteiger partial charge on any atom is 0.156 e. The maximum atomic E-state index is 12.3. The summed E-state index contributed by atoms with van der Waals surface area (Å²) in [5.41, 5.74) is 6.58. The molecule has 5 rings (SSSR count). The van der Waals surface area contributed by atoms with E-state index in [1.54, 1.807) is 5.57 Å². The number of anilines is 1. The second kappa shape index (κ2) is 8.61. The van der Waals surface area contributed by atoms with Crippen LogP contribution in [-0.4, -0.2) is 30.6 Å². The van der Waals surface area contributed by atoms with Crippen molar-refractivity contribution < 1.29 is 9.90 Å². The number of nitrogens with zero attached hydrogens (tertiary/aromatic N) is 1. The van der Waals surface area contributed by atoms with Gasteiger partial charge in [-0.05, 0) is 104 Å². The van der Waals surface area contributed by atoms with Crippen LogP contribution in [0.1, 0.15) is 97.0 Å². The Hall–Kier alpha value is -1.87. The fraction of sp³-hybridized carbons (Fsp3) is 0.656. The number of hydrogen-bond donors (Lipinski definition) is 1. The van der Waals surface area contributed by atoms with Crippen LogP contribution < -0.4 is 4.90 Å². The molecule has 0 aliphatic heterocycles. The summed E-state index contributed by atoms with van der Waals surface area (Å²) in [6.45, 7) is 9.31. The molecular formula is C32H45NO2. The van der Waals surface area contributed by atoms with Crippen molar-refractivity contribution in [1.82, 2.24) is 0 Å². The van der Waals surface area contributed by atoms with Gasteiger partial charge in [-0.25, -0.2) is 0 Å². The topological polar surface area (TPSA) is 40.5 Å². The molecule has 0 amide bonds. The molecule has 0 unspecified atom stereocenters. The van der Waals surface area contributed by atoms with Crippen LogP contribution in [0.5, 0.6) is 0 Å². The zero-order valence-electron chi connectivity index (χ0n) is 22.8. The molecule has 0 spiro atoms. The fourth-order valence-corrected chi connectivity index (χ4v) is 8.05. The normalized spacial score (nSPS) is 34.8. The van der Waals surface area contributed by atoms with E-state index in [9.17, 15) is 9.90 Å².